The molecule has 2 aromatic rings. The fraction of sp³-hybridized carbons (Fsp3) is 0.409. The lowest BCUT2D eigenvalue weighted by atomic mass is 10.1. The molecule has 5 nitrogen and oxygen atoms in total. The first kappa shape index (κ1) is 19.0. The molecule has 148 valence electrons. The lowest BCUT2D eigenvalue weighted by Gasteiger charge is -2.39. The number of sulfone groups is 1. The maximum atomic E-state index is 13.5. The highest BCUT2D eigenvalue weighted by Crippen LogP contribution is 2.42. The minimum Gasteiger partial charge on any atom is -0.365 e. The molecule has 0 unspecified atom stereocenters. The Balaban J connectivity index is 1.76. The van der Waals surface area contributed by atoms with Gasteiger partial charge in [0, 0.05) is 19.1 Å². The number of anilines is 2. The Hall–Kier alpha value is -2.34. The molecule has 4 rings (SSSR count). The van der Waals surface area contributed by atoms with E-state index in [1.807, 2.05) is 19.1 Å². The molecule has 0 spiro atoms. The zero-order chi connectivity index (χ0) is 19.9. The van der Waals surface area contributed by atoms with E-state index in [1.165, 1.54) is 12.8 Å². The molecule has 1 heterocycles. The van der Waals surface area contributed by atoms with E-state index in [9.17, 15) is 13.2 Å². The zero-order valence-corrected chi connectivity index (χ0v) is 17.2. The van der Waals surface area contributed by atoms with Crippen LogP contribution in [0.4, 0.5) is 11.4 Å². The fourth-order valence-corrected chi connectivity index (χ4v) is 5.61. The molecule has 1 aliphatic heterocycles. The first-order chi connectivity index (χ1) is 13.4. The van der Waals surface area contributed by atoms with Gasteiger partial charge in [-0.05, 0) is 49.9 Å². The molecule has 1 fully saturated rings. The van der Waals surface area contributed by atoms with Gasteiger partial charge < -0.3 is 9.80 Å². The Morgan fingerprint density at radius 1 is 1.07 bits per heavy atom. The van der Waals surface area contributed by atoms with Crippen molar-refractivity contribution in [2.45, 2.75) is 44.0 Å². The molecule has 0 bridgehead atoms. The van der Waals surface area contributed by atoms with Gasteiger partial charge in [-0.2, -0.15) is 0 Å². The number of fused-ring (bicyclic) bond motifs is 1. The van der Waals surface area contributed by atoms with Crippen LogP contribution in [0.2, 0.25) is 0 Å². The Morgan fingerprint density at radius 3 is 2.54 bits per heavy atom. The van der Waals surface area contributed by atoms with Crippen LogP contribution in [0.15, 0.2) is 47.4 Å². The number of carbonyl (C=O) groups excluding carboxylic acids is 1. The van der Waals surface area contributed by atoms with Crippen LogP contribution in [0.3, 0.4) is 0 Å². The predicted molar refractivity (Wildman–Crippen MR) is 112 cm³/mol. The van der Waals surface area contributed by atoms with Gasteiger partial charge >= 0.3 is 0 Å². The van der Waals surface area contributed by atoms with Gasteiger partial charge in [-0.3, -0.25) is 4.79 Å². The smallest absolute Gasteiger partial charge is 0.259 e. The van der Waals surface area contributed by atoms with Crippen molar-refractivity contribution in [3.63, 3.8) is 0 Å². The third-order valence-electron chi connectivity index (χ3n) is 5.52. The van der Waals surface area contributed by atoms with E-state index in [0.717, 1.165) is 23.5 Å². The summed E-state index contributed by atoms with van der Waals surface area (Å²) in [5, 5.41) is 0. The second kappa shape index (κ2) is 7.24. The SMILES string of the molecule is CCCS(=O)(=O)c1ccccc1C(=O)N1CCN(C2CC2)c2c(C)cccc21. The minimum atomic E-state index is -3.48. The number of carbonyl (C=O) groups is 1. The Morgan fingerprint density at radius 2 is 1.82 bits per heavy atom. The topological polar surface area (TPSA) is 57.7 Å². The Bertz CT molecular complexity index is 1010. The normalized spacial score (nSPS) is 16.8. The highest BCUT2D eigenvalue weighted by atomic mass is 32.2. The van der Waals surface area contributed by atoms with E-state index in [4.69, 9.17) is 0 Å². The van der Waals surface area contributed by atoms with Crippen LogP contribution < -0.4 is 9.80 Å². The van der Waals surface area contributed by atoms with E-state index < -0.39 is 9.84 Å². The van der Waals surface area contributed by atoms with E-state index in [1.54, 1.807) is 29.2 Å². The van der Waals surface area contributed by atoms with Crippen molar-refractivity contribution in [2.24, 2.45) is 0 Å². The van der Waals surface area contributed by atoms with Gasteiger partial charge in [-0.15, -0.1) is 0 Å². The van der Waals surface area contributed by atoms with E-state index in [2.05, 4.69) is 17.9 Å². The molecule has 0 N–H and O–H groups in total. The second-order valence-electron chi connectivity index (χ2n) is 7.64. The average Bonchev–Trinajstić information content (AvgIpc) is 3.52. The number of hydrogen-bond donors (Lipinski definition) is 0. The predicted octanol–water partition coefficient (Wildman–Crippen LogP) is 3.81. The standard InChI is InChI=1S/C22H26N2O3S/c1-3-15-28(26,27)20-10-5-4-8-18(20)22(25)24-14-13-23(17-11-12-17)21-16(2)7-6-9-19(21)24/h4-10,17H,3,11-15H2,1-2H3. The molecule has 0 atom stereocenters. The minimum absolute atomic E-state index is 0.0441. The van der Waals surface area contributed by atoms with Crippen LogP contribution in [0.25, 0.3) is 0 Å². The number of rotatable bonds is 5. The maximum absolute atomic E-state index is 13.5. The van der Waals surface area contributed by atoms with Crippen LogP contribution in [-0.4, -0.2) is 39.2 Å². The van der Waals surface area contributed by atoms with Crippen molar-refractivity contribution in [1.29, 1.82) is 0 Å². The zero-order valence-electron chi connectivity index (χ0n) is 16.4. The molecule has 0 saturated heterocycles. The molecule has 1 amide bonds. The fourth-order valence-electron chi connectivity index (χ4n) is 4.08. The average molecular weight is 399 g/mol. The number of nitrogens with zero attached hydrogens (tertiary/aromatic N) is 2. The van der Waals surface area contributed by atoms with Gasteiger partial charge in [0.2, 0.25) is 0 Å². The van der Waals surface area contributed by atoms with Crippen molar-refractivity contribution in [2.75, 3.05) is 28.6 Å². The first-order valence-electron chi connectivity index (χ1n) is 9.94. The number of para-hydroxylation sites is 1. The van der Waals surface area contributed by atoms with E-state index >= 15 is 0 Å². The summed E-state index contributed by atoms with van der Waals surface area (Å²) in [6.07, 6.45) is 2.91. The summed E-state index contributed by atoms with van der Waals surface area (Å²) in [6, 6.07) is 13.2. The second-order valence-corrected chi connectivity index (χ2v) is 9.72. The molecule has 2 aromatic carbocycles. The van der Waals surface area contributed by atoms with Gasteiger partial charge in [0.15, 0.2) is 9.84 Å². The Labute approximate surface area is 166 Å². The van der Waals surface area contributed by atoms with Crippen LogP contribution in [-0.2, 0) is 9.84 Å². The monoisotopic (exact) mass is 398 g/mol. The van der Waals surface area contributed by atoms with Crippen molar-refractivity contribution < 1.29 is 13.2 Å². The molecule has 6 heteroatoms. The van der Waals surface area contributed by atoms with Gasteiger partial charge in [0.1, 0.15) is 0 Å². The molecule has 2 aliphatic rings. The number of amides is 1. The highest BCUT2D eigenvalue weighted by Gasteiger charge is 2.37. The van der Waals surface area contributed by atoms with Crippen LogP contribution in [0, 0.1) is 6.92 Å². The third-order valence-corrected chi connectivity index (χ3v) is 7.49. The van der Waals surface area contributed by atoms with Crippen LogP contribution in [0.5, 0.6) is 0 Å². The number of benzene rings is 2. The highest BCUT2D eigenvalue weighted by molar-refractivity contribution is 7.91. The summed E-state index contributed by atoms with van der Waals surface area (Å²) in [5.74, 6) is -0.194. The maximum Gasteiger partial charge on any atom is 0.259 e. The molecular weight excluding hydrogens is 372 g/mol. The number of aryl methyl sites for hydroxylation is 1. The van der Waals surface area contributed by atoms with E-state index in [-0.39, 0.29) is 22.1 Å². The molecule has 0 radical (unpaired) electrons. The van der Waals surface area contributed by atoms with Crippen LogP contribution >= 0.6 is 0 Å². The molecule has 1 saturated carbocycles. The third kappa shape index (κ3) is 3.30. The van der Waals surface area contributed by atoms with Crippen LogP contribution in [0.1, 0.15) is 42.1 Å². The number of hydrogen-bond acceptors (Lipinski definition) is 4. The van der Waals surface area contributed by atoms with Crippen molar-refractivity contribution in [3.8, 4) is 0 Å². The molecule has 28 heavy (non-hydrogen) atoms. The largest absolute Gasteiger partial charge is 0.365 e. The summed E-state index contributed by atoms with van der Waals surface area (Å²) in [6.45, 7) is 5.24. The first-order valence-corrected chi connectivity index (χ1v) is 11.6. The van der Waals surface area contributed by atoms with Crippen molar-refractivity contribution in [3.05, 3.63) is 53.6 Å². The van der Waals surface area contributed by atoms with Gasteiger partial charge in [-0.25, -0.2) is 8.42 Å². The molecule has 0 aromatic heterocycles. The Kier molecular flexibility index (Phi) is 4.91. The summed E-state index contributed by atoms with van der Waals surface area (Å²) in [7, 11) is -3.48. The summed E-state index contributed by atoms with van der Waals surface area (Å²) < 4.78 is 25.4. The van der Waals surface area contributed by atoms with Gasteiger partial charge in [-0.1, -0.05) is 31.2 Å². The van der Waals surface area contributed by atoms with Gasteiger partial charge in [0.05, 0.1) is 27.6 Å². The lowest BCUT2D eigenvalue weighted by Crippen LogP contribution is -2.45. The van der Waals surface area contributed by atoms with Crippen molar-refractivity contribution >= 4 is 27.1 Å². The van der Waals surface area contributed by atoms with Gasteiger partial charge in [0.25, 0.3) is 5.91 Å². The lowest BCUT2D eigenvalue weighted by molar-refractivity contribution is 0.0983. The summed E-state index contributed by atoms with van der Waals surface area (Å²) >= 11 is 0. The quantitative estimate of drug-likeness (QED) is 0.769. The summed E-state index contributed by atoms with van der Waals surface area (Å²) in [5.41, 5.74) is 3.40. The summed E-state index contributed by atoms with van der Waals surface area (Å²) in [4.78, 5) is 17.8. The van der Waals surface area contributed by atoms with Crippen molar-refractivity contribution in [1.82, 2.24) is 0 Å². The molecule has 1 aliphatic carbocycles. The van der Waals surface area contributed by atoms with E-state index in [0.29, 0.717) is 19.0 Å². The molecular formula is C22H26N2O3S.